The zero-order valence-corrected chi connectivity index (χ0v) is 16.9. The molecule has 0 unspecified atom stereocenters. The number of benzene rings is 2. The second-order valence-corrected chi connectivity index (χ2v) is 6.87. The molecular formula is C22H29N2O4+. The van der Waals surface area contributed by atoms with Gasteiger partial charge in [-0.1, -0.05) is 6.07 Å². The van der Waals surface area contributed by atoms with Gasteiger partial charge in [-0.25, -0.2) is 0 Å². The maximum Gasteiger partial charge on any atom is 0.254 e. The maximum absolute atomic E-state index is 12.8. The summed E-state index contributed by atoms with van der Waals surface area (Å²) in [4.78, 5) is 16.1. The summed E-state index contributed by atoms with van der Waals surface area (Å²) in [5, 5.41) is 0. The average molecular weight is 385 g/mol. The molecule has 150 valence electrons. The van der Waals surface area contributed by atoms with E-state index in [2.05, 4.69) is 12.1 Å². The van der Waals surface area contributed by atoms with Crippen LogP contribution in [0.25, 0.3) is 0 Å². The van der Waals surface area contributed by atoms with Gasteiger partial charge in [-0.15, -0.1) is 0 Å². The minimum absolute atomic E-state index is 0.0704. The molecule has 1 N–H and O–H groups in total. The summed E-state index contributed by atoms with van der Waals surface area (Å²) in [6.07, 6.45) is 0. The van der Waals surface area contributed by atoms with E-state index in [1.165, 1.54) is 10.5 Å². The van der Waals surface area contributed by atoms with Crippen molar-refractivity contribution >= 4 is 5.91 Å². The van der Waals surface area contributed by atoms with Gasteiger partial charge in [-0.3, -0.25) is 4.79 Å². The van der Waals surface area contributed by atoms with E-state index in [1.807, 2.05) is 36.1 Å². The van der Waals surface area contributed by atoms with Crippen LogP contribution < -0.4 is 19.1 Å². The van der Waals surface area contributed by atoms with Crippen LogP contribution in [0.3, 0.4) is 0 Å². The van der Waals surface area contributed by atoms with Crippen LogP contribution >= 0.6 is 0 Å². The number of hydrogen-bond acceptors (Lipinski definition) is 4. The van der Waals surface area contributed by atoms with Crippen LogP contribution in [0.2, 0.25) is 0 Å². The molecule has 2 aromatic rings. The van der Waals surface area contributed by atoms with Gasteiger partial charge in [0.15, 0.2) is 11.5 Å². The number of carbonyl (C=O) groups is 1. The minimum atomic E-state index is 0.0704. The molecule has 6 nitrogen and oxygen atoms in total. The molecule has 6 heteroatoms. The van der Waals surface area contributed by atoms with Crippen molar-refractivity contribution in [3.05, 3.63) is 53.6 Å². The monoisotopic (exact) mass is 385 g/mol. The highest BCUT2D eigenvalue weighted by Crippen LogP contribution is 2.27. The van der Waals surface area contributed by atoms with E-state index in [4.69, 9.17) is 14.2 Å². The molecule has 0 radical (unpaired) electrons. The van der Waals surface area contributed by atoms with Crippen LogP contribution in [0, 0.1) is 0 Å². The first-order valence-electron chi connectivity index (χ1n) is 9.71. The number of piperazine rings is 1. The summed E-state index contributed by atoms with van der Waals surface area (Å²) in [5.74, 6) is 2.32. The first-order chi connectivity index (χ1) is 13.6. The number of amides is 1. The average Bonchev–Trinajstić information content (AvgIpc) is 2.74. The number of nitrogens with zero attached hydrogens (tertiary/aromatic N) is 1. The van der Waals surface area contributed by atoms with Gasteiger partial charge >= 0.3 is 0 Å². The lowest BCUT2D eigenvalue weighted by Crippen LogP contribution is -3.13. The van der Waals surface area contributed by atoms with Crippen molar-refractivity contribution < 1.29 is 23.9 Å². The Morgan fingerprint density at radius 3 is 2.50 bits per heavy atom. The molecule has 1 fully saturated rings. The highest BCUT2D eigenvalue weighted by atomic mass is 16.5. The van der Waals surface area contributed by atoms with Gasteiger partial charge < -0.3 is 24.0 Å². The largest absolute Gasteiger partial charge is 0.497 e. The maximum atomic E-state index is 12.8. The highest BCUT2D eigenvalue weighted by molar-refractivity contribution is 5.94. The lowest BCUT2D eigenvalue weighted by Gasteiger charge is -2.32. The summed E-state index contributed by atoms with van der Waals surface area (Å²) >= 11 is 0. The molecule has 0 aromatic heterocycles. The third kappa shape index (κ3) is 4.75. The zero-order valence-electron chi connectivity index (χ0n) is 16.9. The second kappa shape index (κ2) is 9.46. The Morgan fingerprint density at radius 1 is 1.04 bits per heavy atom. The molecule has 3 rings (SSSR count). The van der Waals surface area contributed by atoms with E-state index in [9.17, 15) is 4.79 Å². The van der Waals surface area contributed by atoms with Crippen LogP contribution in [-0.4, -0.2) is 57.8 Å². The van der Waals surface area contributed by atoms with E-state index < -0.39 is 0 Å². The summed E-state index contributed by atoms with van der Waals surface area (Å²) < 4.78 is 16.3. The van der Waals surface area contributed by atoms with E-state index in [0.29, 0.717) is 17.9 Å². The number of nitrogens with one attached hydrogen (secondary N) is 1. The van der Waals surface area contributed by atoms with Crippen LogP contribution in [-0.2, 0) is 6.54 Å². The second-order valence-electron chi connectivity index (χ2n) is 6.87. The fourth-order valence-corrected chi connectivity index (χ4v) is 3.53. The number of carbonyl (C=O) groups excluding carboxylic acids is 1. The first-order valence-corrected chi connectivity index (χ1v) is 9.71. The normalized spacial score (nSPS) is 14.6. The molecule has 0 atom stereocenters. The molecular weight excluding hydrogens is 356 g/mol. The summed E-state index contributed by atoms with van der Waals surface area (Å²) in [6.45, 7) is 6.83. The molecule has 28 heavy (non-hydrogen) atoms. The lowest BCUT2D eigenvalue weighted by molar-refractivity contribution is -0.917. The van der Waals surface area contributed by atoms with Gasteiger partial charge in [-0.05, 0) is 43.3 Å². The van der Waals surface area contributed by atoms with Crippen LogP contribution in [0.4, 0.5) is 0 Å². The lowest BCUT2D eigenvalue weighted by atomic mass is 10.1. The van der Waals surface area contributed by atoms with Crippen LogP contribution in [0.1, 0.15) is 22.8 Å². The number of hydrogen-bond donors (Lipinski definition) is 1. The molecule has 1 heterocycles. The summed E-state index contributed by atoms with van der Waals surface area (Å²) in [7, 11) is 3.27. The smallest absolute Gasteiger partial charge is 0.254 e. The summed E-state index contributed by atoms with van der Waals surface area (Å²) in [5.41, 5.74) is 1.89. The van der Waals surface area contributed by atoms with Crippen molar-refractivity contribution in [2.24, 2.45) is 0 Å². The fraction of sp³-hybridized carbons (Fsp3) is 0.409. The van der Waals surface area contributed by atoms with Crippen molar-refractivity contribution in [1.82, 2.24) is 4.90 Å². The van der Waals surface area contributed by atoms with Gasteiger partial charge in [0.25, 0.3) is 5.91 Å². The number of methoxy groups -OCH3 is 2. The van der Waals surface area contributed by atoms with Crippen molar-refractivity contribution in [3.63, 3.8) is 0 Å². The Labute approximate surface area is 166 Å². The predicted octanol–water partition coefficient (Wildman–Crippen LogP) is 1.64. The van der Waals surface area contributed by atoms with Gasteiger partial charge in [0.05, 0.1) is 47.0 Å². The molecule has 1 saturated heterocycles. The Morgan fingerprint density at radius 2 is 1.82 bits per heavy atom. The van der Waals surface area contributed by atoms with E-state index in [-0.39, 0.29) is 5.91 Å². The minimum Gasteiger partial charge on any atom is -0.497 e. The van der Waals surface area contributed by atoms with Crippen LogP contribution in [0.15, 0.2) is 42.5 Å². The van der Waals surface area contributed by atoms with E-state index >= 15 is 0 Å². The molecule has 1 aliphatic heterocycles. The third-order valence-electron chi connectivity index (χ3n) is 5.06. The van der Waals surface area contributed by atoms with E-state index in [1.54, 1.807) is 20.3 Å². The number of quaternary nitrogens is 1. The Balaban J connectivity index is 1.58. The molecule has 2 aromatic carbocycles. The van der Waals surface area contributed by atoms with Crippen LogP contribution in [0.5, 0.6) is 17.2 Å². The van der Waals surface area contributed by atoms with Crippen molar-refractivity contribution in [2.45, 2.75) is 13.5 Å². The van der Waals surface area contributed by atoms with E-state index in [0.717, 1.165) is 44.2 Å². The number of rotatable bonds is 7. The van der Waals surface area contributed by atoms with Gasteiger partial charge in [0, 0.05) is 11.1 Å². The van der Waals surface area contributed by atoms with Crippen molar-refractivity contribution in [3.8, 4) is 17.2 Å². The van der Waals surface area contributed by atoms with Gasteiger partial charge in [-0.2, -0.15) is 0 Å². The highest BCUT2D eigenvalue weighted by Gasteiger charge is 2.25. The molecule has 0 spiro atoms. The molecule has 0 saturated carbocycles. The molecule has 0 aliphatic carbocycles. The SMILES string of the molecule is CCOc1cc(C[NH+]2CCN(C(=O)c3cccc(OC)c3)CC2)ccc1OC. The predicted molar refractivity (Wildman–Crippen MR) is 107 cm³/mol. The Kier molecular flexibility index (Phi) is 6.76. The Bertz CT molecular complexity index is 801. The third-order valence-corrected chi connectivity index (χ3v) is 5.06. The quantitative estimate of drug-likeness (QED) is 0.787. The zero-order chi connectivity index (χ0) is 19.9. The van der Waals surface area contributed by atoms with Crippen molar-refractivity contribution in [1.29, 1.82) is 0 Å². The fourth-order valence-electron chi connectivity index (χ4n) is 3.53. The standard InChI is InChI=1S/C22H28N2O4/c1-4-28-21-14-17(8-9-20(21)27-3)16-23-10-12-24(13-11-23)22(25)18-6-5-7-19(15-18)26-2/h5-9,14-15H,4,10-13,16H2,1-3H3/p+1. The molecule has 1 aliphatic rings. The van der Waals surface area contributed by atoms with Crippen molar-refractivity contribution in [2.75, 3.05) is 47.0 Å². The molecule has 0 bridgehead atoms. The number of ether oxygens (including phenoxy) is 3. The summed E-state index contributed by atoms with van der Waals surface area (Å²) in [6, 6.07) is 13.5. The Hall–Kier alpha value is -2.73. The van der Waals surface area contributed by atoms with Gasteiger partial charge in [0.2, 0.25) is 0 Å². The topological polar surface area (TPSA) is 52.4 Å². The molecule has 1 amide bonds. The first kappa shape index (κ1) is 20.0. The van der Waals surface area contributed by atoms with Gasteiger partial charge in [0.1, 0.15) is 12.3 Å².